The molecule has 0 N–H and O–H groups in total. The van der Waals surface area contributed by atoms with Crippen molar-refractivity contribution in [3.63, 3.8) is 0 Å². The topological polar surface area (TPSA) is 30.0 Å². The van der Waals surface area contributed by atoms with Gasteiger partial charge < -0.3 is 0 Å². The molecule has 3 rings (SSSR count). The summed E-state index contributed by atoms with van der Waals surface area (Å²) in [6.07, 6.45) is 3.21. The van der Waals surface area contributed by atoms with Gasteiger partial charge in [-0.1, -0.05) is 37.6 Å². The minimum Gasteiger partial charge on any atom is -0.288 e. The number of hydrogen-bond donors (Lipinski definition) is 0. The Balaban J connectivity index is 2.20. The van der Waals surface area contributed by atoms with Crippen LogP contribution in [0, 0.1) is 6.92 Å². The number of aryl methyl sites for hydroxylation is 2. The summed E-state index contributed by atoms with van der Waals surface area (Å²) >= 11 is 0. The van der Waals surface area contributed by atoms with Crippen LogP contribution >= 0.6 is 0 Å². The van der Waals surface area contributed by atoms with Crippen molar-refractivity contribution in [1.29, 1.82) is 0 Å². The number of fused-ring (bicyclic) bond motifs is 3. The molecule has 1 aromatic carbocycles. The molecule has 1 aliphatic carbocycles. The molecule has 0 saturated carbocycles. The van der Waals surface area contributed by atoms with E-state index in [4.69, 9.17) is 0 Å². The summed E-state index contributed by atoms with van der Waals surface area (Å²) in [5, 5.41) is 0. The second-order valence-electron chi connectivity index (χ2n) is 5.12. The number of hydrogen-bond acceptors (Lipinski definition) is 2. The summed E-state index contributed by atoms with van der Waals surface area (Å²) in [6, 6.07) is 9.85. The van der Waals surface area contributed by atoms with E-state index in [9.17, 15) is 4.79 Å². The first-order valence-electron chi connectivity index (χ1n) is 6.87. The smallest absolute Gasteiger partial charge is 0.196 e. The summed E-state index contributed by atoms with van der Waals surface area (Å²) in [7, 11) is 0. The highest BCUT2D eigenvalue weighted by atomic mass is 16.1. The zero-order valence-corrected chi connectivity index (χ0v) is 11.4. The van der Waals surface area contributed by atoms with Crippen LogP contribution in [0.3, 0.4) is 0 Å². The van der Waals surface area contributed by atoms with E-state index in [1.807, 2.05) is 31.2 Å². The Kier molecular flexibility index (Phi) is 2.94. The molecule has 0 fully saturated rings. The van der Waals surface area contributed by atoms with Crippen molar-refractivity contribution in [2.24, 2.45) is 0 Å². The number of benzene rings is 1. The molecule has 1 heterocycles. The van der Waals surface area contributed by atoms with Crippen LogP contribution in [-0.2, 0) is 6.42 Å². The lowest BCUT2D eigenvalue weighted by Crippen LogP contribution is -2.03. The summed E-state index contributed by atoms with van der Waals surface area (Å²) < 4.78 is 0. The maximum atomic E-state index is 12.5. The van der Waals surface area contributed by atoms with Crippen molar-refractivity contribution in [2.75, 3.05) is 0 Å². The maximum Gasteiger partial charge on any atom is 0.196 e. The minimum atomic E-state index is 0.143. The molecular weight excluding hydrogens is 234 g/mol. The van der Waals surface area contributed by atoms with Crippen molar-refractivity contribution in [3.05, 3.63) is 52.7 Å². The van der Waals surface area contributed by atoms with Crippen LogP contribution in [0.1, 0.15) is 46.9 Å². The van der Waals surface area contributed by atoms with Crippen molar-refractivity contribution in [3.8, 4) is 11.3 Å². The van der Waals surface area contributed by atoms with Crippen LogP contribution in [0.25, 0.3) is 11.3 Å². The van der Waals surface area contributed by atoms with E-state index in [0.29, 0.717) is 0 Å². The van der Waals surface area contributed by atoms with Gasteiger partial charge in [0.05, 0.1) is 11.3 Å². The summed E-state index contributed by atoms with van der Waals surface area (Å²) in [5.74, 6) is 0.143. The maximum absolute atomic E-state index is 12.5. The SMILES string of the molecule is CCCCc1cc(C)nc2c1C(=O)c1ccccc1-2. The highest BCUT2D eigenvalue weighted by molar-refractivity contribution is 6.21. The number of aromatic nitrogens is 1. The highest BCUT2D eigenvalue weighted by Crippen LogP contribution is 2.37. The van der Waals surface area contributed by atoms with E-state index in [2.05, 4.69) is 18.0 Å². The van der Waals surface area contributed by atoms with Gasteiger partial charge in [0.2, 0.25) is 0 Å². The standard InChI is InChI=1S/C17H17NO/c1-3-4-7-12-10-11(2)18-16-13-8-5-6-9-14(13)17(19)15(12)16/h5-6,8-10H,3-4,7H2,1-2H3. The molecule has 96 valence electrons. The second kappa shape index (κ2) is 4.61. The van der Waals surface area contributed by atoms with Gasteiger partial charge in [0.1, 0.15) is 0 Å². The quantitative estimate of drug-likeness (QED) is 0.705. The molecule has 1 aromatic heterocycles. The number of unbranched alkanes of at least 4 members (excludes halogenated alkanes) is 1. The molecule has 1 aliphatic rings. The van der Waals surface area contributed by atoms with E-state index < -0.39 is 0 Å². The van der Waals surface area contributed by atoms with E-state index in [-0.39, 0.29) is 5.78 Å². The van der Waals surface area contributed by atoms with Gasteiger partial charge in [-0.25, -0.2) is 0 Å². The largest absolute Gasteiger partial charge is 0.288 e. The molecule has 0 aliphatic heterocycles. The van der Waals surface area contributed by atoms with E-state index in [1.165, 1.54) is 0 Å². The fraction of sp³-hybridized carbons (Fsp3) is 0.294. The molecule has 0 unspecified atom stereocenters. The van der Waals surface area contributed by atoms with Gasteiger partial charge in [0.15, 0.2) is 5.78 Å². The third-order valence-electron chi connectivity index (χ3n) is 3.68. The lowest BCUT2D eigenvalue weighted by atomic mass is 9.99. The summed E-state index contributed by atoms with van der Waals surface area (Å²) in [4.78, 5) is 17.1. The molecule has 0 bridgehead atoms. The molecular formula is C17H17NO. The molecule has 0 saturated heterocycles. The molecule has 2 aromatic rings. The van der Waals surface area contributed by atoms with E-state index in [0.717, 1.165) is 52.9 Å². The Morgan fingerprint density at radius 2 is 1.89 bits per heavy atom. The van der Waals surface area contributed by atoms with Gasteiger partial charge in [-0.3, -0.25) is 9.78 Å². The van der Waals surface area contributed by atoms with Crippen LogP contribution < -0.4 is 0 Å². The second-order valence-corrected chi connectivity index (χ2v) is 5.12. The van der Waals surface area contributed by atoms with Crippen LogP contribution in [0.2, 0.25) is 0 Å². The lowest BCUT2D eigenvalue weighted by molar-refractivity contribution is 0.104. The number of carbonyl (C=O) groups is 1. The van der Waals surface area contributed by atoms with Gasteiger partial charge in [0.25, 0.3) is 0 Å². The van der Waals surface area contributed by atoms with Crippen molar-refractivity contribution < 1.29 is 4.79 Å². The van der Waals surface area contributed by atoms with E-state index >= 15 is 0 Å². The average molecular weight is 251 g/mol. The first kappa shape index (κ1) is 12.1. The minimum absolute atomic E-state index is 0.143. The van der Waals surface area contributed by atoms with Crippen LogP contribution in [0.15, 0.2) is 30.3 Å². The highest BCUT2D eigenvalue weighted by Gasteiger charge is 2.30. The number of carbonyl (C=O) groups excluding carboxylic acids is 1. The fourth-order valence-corrected chi connectivity index (χ4v) is 2.78. The van der Waals surface area contributed by atoms with Crippen molar-refractivity contribution in [1.82, 2.24) is 4.98 Å². The predicted molar refractivity (Wildman–Crippen MR) is 76.5 cm³/mol. The summed E-state index contributed by atoms with van der Waals surface area (Å²) in [6.45, 7) is 4.17. The van der Waals surface area contributed by atoms with Gasteiger partial charge in [-0.05, 0) is 31.4 Å². The summed E-state index contributed by atoms with van der Waals surface area (Å²) in [5.41, 5.74) is 5.66. The molecule has 19 heavy (non-hydrogen) atoms. The molecule has 2 nitrogen and oxygen atoms in total. The monoisotopic (exact) mass is 251 g/mol. The van der Waals surface area contributed by atoms with Gasteiger partial charge in [-0.15, -0.1) is 0 Å². The Labute approximate surface area is 113 Å². The first-order chi connectivity index (χ1) is 9.22. The lowest BCUT2D eigenvalue weighted by Gasteiger charge is -2.08. The zero-order chi connectivity index (χ0) is 13.4. The van der Waals surface area contributed by atoms with Gasteiger partial charge >= 0.3 is 0 Å². The number of nitrogens with zero attached hydrogens (tertiary/aromatic N) is 1. The number of pyridine rings is 1. The Morgan fingerprint density at radius 3 is 2.63 bits per heavy atom. The predicted octanol–water partition coefficient (Wildman–Crippen LogP) is 3.94. The third-order valence-corrected chi connectivity index (χ3v) is 3.68. The third kappa shape index (κ3) is 1.88. The van der Waals surface area contributed by atoms with Crippen LogP contribution in [0.4, 0.5) is 0 Å². The van der Waals surface area contributed by atoms with Crippen LogP contribution in [-0.4, -0.2) is 10.8 Å². The van der Waals surface area contributed by atoms with Crippen molar-refractivity contribution in [2.45, 2.75) is 33.1 Å². The molecule has 2 heteroatoms. The molecule has 0 radical (unpaired) electrons. The average Bonchev–Trinajstić information content (AvgIpc) is 2.70. The van der Waals surface area contributed by atoms with Gasteiger partial charge in [-0.2, -0.15) is 0 Å². The molecule has 0 amide bonds. The Hall–Kier alpha value is -1.96. The fourth-order valence-electron chi connectivity index (χ4n) is 2.78. The Bertz CT molecular complexity index is 658. The molecule has 0 atom stereocenters. The van der Waals surface area contributed by atoms with Crippen molar-refractivity contribution >= 4 is 5.78 Å². The van der Waals surface area contributed by atoms with Crippen LogP contribution in [0.5, 0.6) is 0 Å². The molecule has 0 spiro atoms. The van der Waals surface area contributed by atoms with Gasteiger partial charge in [0, 0.05) is 16.8 Å². The number of rotatable bonds is 3. The Morgan fingerprint density at radius 1 is 1.16 bits per heavy atom. The zero-order valence-electron chi connectivity index (χ0n) is 11.4. The first-order valence-corrected chi connectivity index (χ1v) is 6.87. The normalized spacial score (nSPS) is 12.4. The van der Waals surface area contributed by atoms with E-state index in [1.54, 1.807) is 0 Å². The number of ketones is 1.